The summed E-state index contributed by atoms with van der Waals surface area (Å²) in [6.45, 7) is 2.74. The highest BCUT2D eigenvalue weighted by atomic mass is 31.2. The molecular formula is C45H78O17P2. The minimum atomic E-state index is -5.37. The first kappa shape index (κ1) is 59.7. The van der Waals surface area contributed by atoms with E-state index < -0.39 is 83.5 Å². The van der Waals surface area contributed by atoms with Crippen molar-refractivity contribution in [3.63, 3.8) is 0 Å². The molecule has 0 aromatic heterocycles. The molecule has 0 aromatic carbocycles. The zero-order chi connectivity index (χ0) is 47.6. The van der Waals surface area contributed by atoms with Gasteiger partial charge in [0.25, 0.3) is 0 Å². The Labute approximate surface area is 380 Å². The number of ether oxygens (including phenoxy) is 2. The number of phosphoric acid groups is 2. The van der Waals surface area contributed by atoms with Crippen LogP contribution in [0.25, 0.3) is 0 Å². The summed E-state index contributed by atoms with van der Waals surface area (Å²) in [7, 11) is -10.7. The highest BCUT2D eigenvalue weighted by Gasteiger charge is 2.54. The van der Waals surface area contributed by atoms with E-state index >= 15 is 0 Å². The molecule has 1 rings (SSSR count). The lowest BCUT2D eigenvalue weighted by Crippen LogP contribution is -2.64. The summed E-state index contributed by atoms with van der Waals surface area (Å²) in [5, 5.41) is 50.7. The van der Waals surface area contributed by atoms with Gasteiger partial charge < -0.3 is 49.7 Å². The van der Waals surface area contributed by atoms with Crippen molar-refractivity contribution in [2.75, 3.05) is 13.2 Å². The number of unbranched alkanes of at least 4 members (excludes halogenated alkanes) is 10. The number of hydrogen-bond acceptors (Lipinski definition) is 14. The van der Waals surface area contributed by atoms with Crippen LogP contribution < -0.4 is 0 Å². The summed E-state index contributed by atoms with van der Waals surface area (Å²) < 4.78 is 49.2. The van der Waals surface area contributed by atoms with E-state index in [0.717, 1.165) is 77.0 Å². The van der Waals surface area contributed by atoms with Crippen LogP contribution in [-0.4, -0.2) is 114 Å². The smallest absolute Gasteiger partial charge is 0.462 e. The zero-order valence-corrected chi connectivity index (χ0v) is 39.6. The molecule has 17 nitrogen and oxygen atoms in total. The Morgan fingerprint density at radius 2 is 1.05 bits per heavy atom. The van der Waals surface area contributed by atoms with Gasteiger partial charge in [-0.25, -0.2) is 9.13 Å². The van der Waals surface area contributed by atoms with Gasteiger partial charge in [-0.3, -0.25) is 23.2 Å². The second-order valence-corrected chi connectivity index (χ2v) is 18.5. The van der Waals surface area contributed by atoms with E-state index in [4.69, 9.17) is 28.3 Å². The zero-order valence-electron chi connectivity index (χ0n) is 37.8. The fraction of sp³-hybridized carbons (Fsp3) is 0.733. The second kappa shape index (κ2) is 35.8. The molecule has 0 aliphatic heterocycles. The lowest BCUT2D eigenvalue weighted by Gasteiger charge is -2.43. The van der Waals surface area contributed by atoms with Crippen LogP contribution in [0.3, 0.4) is 0 Å². The molecule has 1 saturated carbocycles. The molecule has 9 atom stereocenters. The third kappa shape index (κ3) is 30.0. The van der Waals surface area contributed by atoms with Gasteiger partial charge in [-0.15, -0.1) is 0 Å². The summed E-state index contributed by atoms with van der Waals surface area (Å²) in [6, 6.07) is 0. The van der Waals surface area contributed by atoms with Gasteiger partial charge in [0.2, 0.25) is 0 Å². The predicted octanol–water partition coefficient (Wildman–Crippen LogP) is 7.25. The lowest BCUT2D eigenvalue weighted by atomic mass is 9.85. The van der Waals surface area contributed by atoms with Crippen molar-refractivity contribution in [3.05, 3.63) is 60.8 Å². The molecular weight excluding hydrogens is 874 g/mol. The van der Waals surface area contributed by atoms with Gasteiger partial charge >= 0.3 is 27.6 Å². The quantitative estimate of drug-likeness (QED) is 0.0132. The summed E-state index contributed by atoms with van der Waals surface area (Å²) in [5.74, 6) is -1.30. The topological polar surface area (TPSA) is 276 Å². The number of phosphoric ester groups is 2. The molecule has 1 aliphatic carbocycles. The molecule has 0 amide bonds. The van der Waals surface area contributed by atoms with Crippen LogP contribution in [0, 0.1) is 0 Å². The average molecular weight is 953 g/mol. The van der Waals surface area contributed by atoms with Gasteiger partial charge in [-0.05, 0) is 83.5 Å². The summed E-state index contributed by atoms with van der Waals surface area (Å²) in [4.78, 5) is 54.2. The van der Waals surface area contributed by atoms with E-state index in [2.05, 4.69) is 54.0 Å². The van der Waals surface area contributed by atoms with Gasteiger partial charge in [-0.1, -0.05) is 113 Å². The van der Waals surface area contributed by atoms with Crippen molar-refractivity contribution in [1.29, 1.82) is 0 Å². The van der Waals surface area contributed by atoms with Crippen molar-refractivity contribution in [2.24, 2.45) is 0 Å². The minimum Gasteiger partial charge on any atom is -0.462 e. The third-order valence-electron chi connectivity index (χ3n) is 10.2. The number of esters is 2. The number of aliphatic hydroxyl groups is 5. The highest BCUT2D eigenvalue weighted by Crippen LogP contribution is 2.49. The highest BCUT2D eigenvalue weighted by molar-refractivity contribution is 7.47. The van der Waals surface area contributed by atoms with Crippen molar-refractivity contribution in [2.45, 2.75) is 198 Å². The van der Waals surface area contributed by atoms with Crippen molar-refractivity contribution in [3.8, 4) is 0 Å². The average Bonchev–Trinajstić information content (AvgIpc) is 3.25. The molecule has 1 aliphatic rings. The maximum absolute atomic E-state index is 13.0. The first-order chi connectivity index (χ1) is 30.5. The number of carbonyl (C=O) groups is 2. The lowest BCUT2D eigenvalue weighted by molar-refractivity contribution is -0.216. The summed E-state index contributed by atoms with van der Waals surface area (Å²) >= 11 is 0. The molecule has 370 valence electrons. The van der Waals surface area contributed by atoms with Gasteiger partial charge in [0, 0.05) is 12.8 Å². The Balaban J connectivity index is 2.65. The normalized spacial score (nSPS) is 22.8. The van der Waals surface area contributed by atoms with Gasteiger partial charge in [-0.2, -0.15) is 0 Å². The standard InChI is InChI=1S/C45H78O17P2/c1-3-5-6-7-8-9-10-13-18-21-24-27-30-33-39(48)60-37(35-59-64(56,57)62-45-42(51)40(49)41(50)44(43(45)52)61-63(53,54)55)34-58-38(47)32-29-26-23-20-17-15-12-11-14-16-19-22-25-28-31-36(46)4-2/h9-10,12,14-16,20,22-23,25,36-37,40-46,49-52H,3-8,11,13,17-19,21,24,26-35H2,1-2H3,(H,56,57)(H2,53,54,55)/b10-9-,15-12-,16-14-,23-20-,25-22-/t36-,37+,40?,41?,42?,43?,44+,45-/m0/s1. The van der Waals surface area contributed by atoms with E-state index in [-0.39, 0.29) is 18.9 Å². The molecule has 0 aromatic rings. The maximum atomic E-state index is 13.0. The largest absolute Gasteiger partial charge is 0.472 e. The number of aliphatic hydroxyl groups excluding tert-OH is 5. The first-order valence-corrected chi connectivity index (χ1v) is 25.9. The van der Waals surface area contributed by atoms with E-state index in [1.54, 1.807) is 0 Å². The van der Waals surface area contributed by atoms with Crippen LogP contribution in [0.2, 0.25) is 0 Å². The van der Waals surface area contributed by atoms with Crippen LogP contribution in [0.5, 0.6) is 0 Å². The monoisotopic (exact) mass is 952 g/mol. The van der Waals surface area contributed by atoms with Gasteiger partial charge in [0.05, 0.1) is 12.7 Å². The molecule has 0 heterocycles. The molecule has 5 unspecified atom stereocenters. The van der Waals surface area contributed by atoms with E-state index in [9.17, 15) is 49.1 Å². The number of rotatable bonds is 37. The molecule has 0 bridgehead atoms. The molecule has 19 heteroatoms. The van der Waals surface area contributed by atoms with Gasteiger partial charge in [0.15, 0.2) is 6.10 Å². The van der Waals surface area contributed by atoms with E-state index in [0.29, 0.717) is 19.3 Å². The van der Waals surface area contributed by atoms with Crippen molar-refractivity contribution < 1.29 is 82.0 Å². The number of hydrogen-bond donors (Lipinski definition) is 8. The number of carbonyl (C=O) groups excluding carboxylic acids is 2. The molecule has 0 radical (unpaired) electrons. The second-order valence-electron chi connectivity index (χ2n) is 15.9. The third-order valence-corrected chi connectivity index (χ3v) is 11.7. The fourth-order valence-electron chi connectivity index (χ4n) is 6.46. The summed E-state index contributed by atoms with van der Waals surface area (Å²) in [5.41, 5.74) is 0. The molecule has 64 heavy (non-hydrogen) atoms. The molecule has 1 fully saturated rings. The van der Waals surface area contributed by atoms with Crippen LogP contribution in [-0.2, 0) is 41.8 Å². The van der Waals surface area contributed by atoms with Crippen LogP contribution in [0.15, 0.2) is 60.8 Å². The van der Waals surface area contributed by atoms with Crippen LogP contribution in [0.1, 0.15) is 149 Å². The van der Waals surface area contributed by atoms with Crippen LogP contribution in [0.4, 0.5) is 0 Å². The molecule has 0 spiro atoms. The minimum absolute atomic E-state index is 0.0130. The van der Waals surface area contributed by atoms with Crippen LogP contribution >= 0.6 is 15.6 Å². The molecule has 8 N–H and O–H groups in total. The molecule has 0 saturated heterocycles. The van der Waals surface area contributed by atoms with E-state index in [1.165, 1.54) is 25.7 Å². The Morgan fingerprint density at radius 1 is 0.562 bits per heavy atom. The fourth-order valence-corrected chi connectivity index (χ4v) is 8.00. The maximum Gasteiger partial charge on any atom is 0.472 e. The predicted molar refractivity (Wildman–Crippen MR) is 242 cm³/mol. The van der Waals surface area contributed by atoms with Crippen molar-refractivity contribution in [1.82, 2.24) is 0 Å². The summed E-state index contributed by atoms with van der Waals surface area (Å²) in [6.07, 6.45) is 22.8. The Morgan fingerprint density at radius 3 is 1.62 bits per heavy atom. The Bertz CT molecular complexity index is 1490. The Kier molecular flexibility index (Phi) is 33.4. The first-order valence-electron chi connectivity index (χ1n) is 22.9. The SMILES string of the molecule is CCCCCC/C=C\CCCCCCCC(=O)O[C@H](COC(=O)CCC/C=C\C/C=C\C/C=C\C/C=C\CC[C@@H](O)CC)COP(=O)(O)O[C@H]1C(O)C(O)C(O)[C@@H](OP(=O)(O)O)C1O. The van der Waals surface area contributed by atoms with Gasteiger partial charge in [0.1, 0.15) is 43.2 Å². The Hall–Kier alpha value is -2.34. The number of allylic oxidation sites excluding steroid dienone is 10. The van der Waals surface area contributed by atoms with E-state index in [1.807, 2.05) is 25.2 Å². The van der Waals surface area contributed by atoms with Crippen molar-refractivity contribution >= 4 is 27.6 Å².